The molecule has 6 heteroatoms. The van der Waals surface area contributed by atoms with Crippen molar-refractivity contribution in [2.45, 2.75) is 19.2 Å². The molecule has 1 N–H and O–H groups in total. The van der Waals surface area contributed by atoms with Crippen molar-refractivity contribution in [1.29, 1.82) is 0 Å². The van der Waals surface area contributed by atoms with Gasteiger partial charge in [0.15, 0.2) is 0 Å². The maximum absolute atomic E-state index is 9.75. The van der Waals surface area contributed by atoms with Crippen LogP contribution in [-0.2, 0) is 14.3 Å². The highest BCUT2D eigenvalue weighted by molar-refractivity contribution is 6.29. The SMILES string of the molecule is C=CCl.C=COC(C)=O.CC(Cl)C(=O)O. The number of hydrogen-bond acceptors (Lipinski definition) is 3. The molecule has 15 heavy (non-hydrogen) atoms. The van der Waals surface area contributed by atoms with E-state index in [1.807, 2.05) is 0 Å². The second kappa shape index (κ2) is 15.5. The number of esters is 1. The van der Waals surface area contributed by atoms with Gasteiger partial charge in [-0.1, -0.05) is 24.8 Å². The predicted molar refractivity (Wildman–Crippen MR) is 61.0 cm³/mol. The molecule has 0 amide bonds. The van der Waals surface area contributed by atoms with Gasteiger partial charge in [-0.15, -0.1) is 11.6 Å². The Morgan fingerprint density at radius 2 is 1.73 bits per heavy atom. The first-order valence-corrected chi connectivity index (χ1v) is 4.56. The summed E-state index contributed by atoms with van der Waals surface area (Å²) < 4.78 is 4.17. The van der Waals surface area contributed by atoms with Crippen LogP contribution in [0.2, 0.25) is 0 Å². The van der Waals surface area contributed by atoms with Crippen molar-refractivity contribution in [1.82, 2.24) is 0 Å². The first kappa shape index (κ1) is 19.6. The fourth-order valence-electron chi connectivity index (χ4n) is 0.117. The Morgan fingerprint density at radius 3 is 1.73 bits per heavy atom. The Bertz CT molecular complexity index is 202. The van der Waals surface area contributed by atoms with Crippen LogP contribution in [0, 0.1) is 0 Å². The van der Waals surface area contributed by atoms with E-state index >= 15 is 0 Å². The topological polar surface area (TPSA) is 63.6 Å². The summed E-state index contributed by atoms with van der Waals surface area (Å²) in [4.78, 5) is 19.3. The van der Waals surface area contributed by atoms with Gasteiger partial charge in [0.05, 0.1) is 6.26 Å². The lowest BCUT2D eigenvalue weighted by Crippen LogP contribution is -2.06. The van der Waals surface area contributed by atoms with Crippen LogP contribution in [0.15, 0.2) is 25.0 Å². The van der Waals surface area contributed by atoms with E-state index in [0.717, 1.165) is 6.26 Å². The van der Waals surface area contributed by atoms with Gasteiger partial charge >= 0.3 is 11.9 Å². The number of rotatable bonds is 2. The van der Waals surface area contributed by atoms with E-state index in [2.05, 4.69) is 17.9 Å². The molecule has 0 heterocycles. The molecule has 0 saturated carbocycles. The van der Waals surface area contributed by atoms with E-state index in [0.29, 0.717) is 0 Å². The van der Waals surface area contributed by atoms with Gasteiger partial charge in [0.25, 0.3) is 0 Å². The average molecular weight is 257 g/mol. The molecular weight excluding hydrogens is 243 g/mol. The van der Waals surface area contributed by atoms with Crippen LogP contribution in [0.25, 0.3) is 0 Å². The zero-order valence-electron chi connectivity index (χ0n) is 8.57. The Morgan fingerprint density at radius 1 is 1.47 bits per heavy atom. The predicted octanol–water partition coefficient (Wildman–Crippen LogP) is 2.76. The number of carbonyl (C=O) groups is 2. The number of aliphatic carboxylic acids is 1. The van der Waals surface area contributed by atoms with Gasteiger partial charge in [0.2, 0.25) is 0 Å². The van der Waals surface area contributed by atoms with Crippen LogP contribution < -0.4 is 0 Å². The summed E-state index contributed by atoms with van der Waals surface area (Å²) >= 11 is 9.78. The number of halogens is 2. The molecule has 0 aliphatic carbocycles. The van der Waals surface area contributed by atoms with Gasteiger partial charge in [0.1, 0.15) is 5.38 Å². The average Bonchev–Trinajstić information content (AvgIpc) is 2.05. The zero-order valence-corrected chi connectivity index (χ0v) is 10.1. The van der Waals surface area contributed by atoms with Gasteiger partial charge in [0, 0.05) is 6.92 Å². The summed E-state index contributed by atoms with van der Waals surface area (Å²) in [5, 5.41) is 7.10. The highest BCUT2D eigenvalue weighted by Gasteiger charge is 2.02. The monoisotopic (exact) mass is 256 g/mol. The molecule has 0 aromatic rings. The molecule has 88 valence electrons. The number of carboxylic acid groups (broad SMARTS) is 1. The highest BCUT2D eigenvalue weighted by atomic mass is 35.5. The van der Waals surface area contributed by atoms with E-state index in [4.69, 9.17) is 28.3 Å². The van der Waals surface area contributed by atoms with Crippen molar-refractivity contribution in [2.24, 2.45) is 0 Å². The van der Waals surface area contributed by atoms with Crippen LogP contribution in [-0.4, -0.2) is 22.4 Å². The molecule has 0 aliphatic rings. The Kier molecular flexibility index (Phi) is 20.2. The number of alkyl halides is 1. The summed E-state index contributed by atoms with van der Waals surface area (Å²) in [6.07, 6.45) is 1.10. The normalized spacial score (nSPS) is 9.07. The van der Waals surface area contributed by atoms with E-state index in [1.54, 1.807) is 0 Å². The molecule has 4 nitrogen and oxygen atoms in total. The van der Waals surface area contributed by atoms with Crippen molar-refractivity contribution >= 4 is 35.1 Å². The Hall–Kier alpha value is -1.00. The van der Waals surface area contributed by atoms with Gasteiger partial charge < -0.3 is 9.84 Å². The van der Waals surface area contributed by atoms with Crippen LogP contribution in [0.1, 0.15) is 13.8 Å². The van der Waals surface area contributed by atoms with E-state index in [-0.39, 0.29) is 5.97 Å². The maximum Gasteiger partial charge on any atom is 0.321 e. The maximum atomic E-state index is 9.75. The van der Waals surface area contributed by atoms with Gasteiger partial charge in [-0.25, -0.2) is 0 Å². The standard InChI is InChI=1S/C4H6O2.C3H5ClO2.C2H3Cl/c1-3-6-4(2)5;1-2(4)3(5)6;1-2-3/h3H,1H2,2H3;2H,1H3,(H,5,6);2H,1H2. The molecule has 0 aromatic heterocycles. The summed E-state index contributed by atoms with van der Waals surface area (Å²) in [7, 11) is 0. The molecule has 0 spiro atoms. The molecule has 0 aromatic carbocycles. The lowest BCUT2D eigenvalue weighted by Gasteiger charge is -1.86. The lowest BCUT2D eigenvalue weighted by molar-refractivity contribution is -0.136. The third-order valence-electron chi connectivity index (χ3n) is 0.590. The fourth-order valence-corrected chi connectivity index (χ4v) is 0.117. The molecule has 0 radical (unpaired) electrons. The minimum atomic E-state index is -0.975. The zero-order chi connectivity index (χ0) is 12.9. The van der Waals surface area contributed by atoms with Crippen LogP contribution in [0.3, 0.4) is 0 Å². The lowest BCUT2D eigenvalue weighted by atomic mass is 10.5. The first-order chi connectivity index (χ1) is 6.83. The molecule has 0 saturated heterocycles. The second-order valence-electron chi connectivity index (χ2n) is 1.88. The van der Waals surface area contributed by atoms with E-state index in [1.165, 1.54) is 19.4 Å². The molecule has 0 fully saturated rings. The van der Waals surface area contributed by atoms with Gasteiger partial charge in [-0.3, -0.25) is 9.59 Å². The van der Waals surface area contributed by atoms with Crippen molar-refractivity contribution in [3.05, 3.63) is 25.0 Å². The molecule has 0 rings (SSSR count). The third-order valence-corrected chi connectivity index (χ3v) is 0.776. The number of carbonyl (C=O) groups excluding carboxylic acids is 1. The second-order valence-corrected chi connectivity index (χ2v) is 2.85. The number of carboxylic acids is 1. The van der Waals surface area contributed by atoms with Crippen LogP contribution in [0.4, 0.5) is 0 Å². The quantitative estimate of drug-likeness (QED) is 0.469. The highest BCUT2D eigenvalue weighted by Crippen LogP contribution is 1.89. The number of hydrogen-bond donors (Lipinski definition) is 1. The Labute approximate surface area is 99.1 Å². The summed E-state index contributed by atoms with van der Waals surface area (Å²) in [6.45, 7) is 9.01. The fraction of sp³-hybridized carbons (Fsp3) is 0.333. The Balaban J connectivity index is -0.000000153. The molecular formula is C9H14Cl2O4. The molecule has 0 aliphatic heterocycles. The minimum absolute atomic E-state index is 0.329. The van der Waals surface area contributed by atoms with Crippen molar-refractivity contribution in [3.63, 3.8) is 0 Å². The van der Waals surface area contributed by atoms with Crippen LogP contribution in [0.5, 0.6) is 0 Å². The van der Waals surface area contributed by atoms with Crippen molar-refractivity contribution in [2.75, 3.05) is 0 Å². The van der Waals surface area contributed by atoms with E-state index < -0.39 is 11.3 Å². The number of ether oxygens (including phenoxy) is 1. The summed E-state index contributed by atoms with van der Waals surface area (Å²) in [5.41, 5.74) is 1.22. The van der Waals surface area contributed by atoms with Crippen LogP contribution >= 0.6 is 23.2 Å². The third kappa shape index (κ3) is 43.7. The summed E-state index contributed by atoms with van der Waals surface area (Å²) in [5.74, 6) is -1.30. The smallest absolute Gasteiger partial charge is 0.321 e. The van der Waals surface area contributed by atoms with Gasteiger partial charge in [-0.05, 0) is 12.5 Å². The minimum Gasteiger partial charge on any atom is -0.480 e. The molecule has 1 atom stereocenters. The van der Waals surface area contributed by atoms with Crippen molar-refractivity contribution in [3.8, 4) is 0 Å². The molecule has 1 unspecified atom stereocenters. The van der Waals surface area contributed by atoms with Crippen molar-refractivity contribution < 1.29 is 19.4 Å². The summed E-state index contributed by atoms with van der Waals surface area (Å²) in [6, 6.07) is 0. The van der Waals surface area contributed by atoms with Gasteiger partial charge in [-0.2, -0.15) is 0 Å². The molecule has 0 bridgehead atoms. The first-order valence-electron chi connectivity index (χ1n) is 3.69. The van der Waals surface area contributed by atoms with E-state index in [9.17, 15) is 9.59 Å². The largest absolute Gasteiger partial charge is 0.480 e.